The van der Waals surface area contributed by atoms with E-state index in [4.69, 9.17) is 11.6 Å². The van der Waals surface area contributed by atoms with Crippen LogP contribution in [-0.2, 0) is 16.4 Å². The molecule has 0 atom stereocenters. The average Bonchev–Trinajstić information content (AvgIpc) is 2.41. The van der Waals surface area contributed by atoms with Crippen LogP contribution in [0.2, 0.25) is 0 Å². The smallest absolute Gasteiger partial charge is 0.207 e. The van der Waals surface area contributed by atoms with E-state index < -0.39 is 10.0 Å². The Morgan fingerprint density at radius 3 is 2.22 bits per heavy atom. The first-order chi connectivity index (χ1) is 8.64. The molecule has 100 valence electrons. The van der Waals surface area contributed by atoms with Crippen molar-refractivity contribution in [2.75, 3.05) is 19.0 Å². The molecule has 18 heavy (non-hydrogen) atoms. The monoisotopic (exact) mass is 287 g/mol. The maximum Gasteiger partial charge on any atom is 0.243 e. The zero-order chi connectivity index (χ0) is 13.0. The molecule has 0 spiro atoms. The minimum absolute atomic E-state index is 0.391. The van der Waals surface area contributed by atoms with Gasteiger partial charge in [0.2, 0.25) is 10.0 Å². The summed E-state index contributed by atoms with van der Waals surface area (Å²) in [6, 6.07) is 7.07. The van der Waals surface area contributed by atoms with Crippen LogP contribution in [0.25, 0.3) is 0 Å². The molecule has 0 aromatic heterocycles. The zero-order valence-corrected chi connectivity index (χ0v) is 11.9. The number of aryl methyl sites for hydroxylation is 1. The Labute approximate surface area is 114 Å². The van der Waals surface area contributed by atoms with Gasteiger partial charge in [0, 0.05) is 19.0 Å². The van der Waals surface area contributed by atoms with Gasteiger partial charge in [-0.15, -0.1) is 11.6 Å². The lowest BCUT2D eigenvalue weighted by Gasteiger charge is -2.25. The summed E-state index contributed by atoms with van der Waals surface area (Å²) in [6.07, 6.45) is 3.82. The number of piperidine rings is 1. The maximum atomic E-state index is 12.4. The molecule has 1 aromatic carbocycles. The molecule has 0 aliphatic carbocycles. The van der Waals surface area contributed by atoms with Gasteiger partial charge < -0.3 is 0 Å². The molecule has 0 radical (unpaired) electrons. The highest BCUT2D eigenvalue weighted by Crippen LogP contribution is 2.20. The number of halogens is 1. The molecule has 1 fully saturated rings. The summed E-state index contributed by atoms with van der Waals surface area (Å²) in [6.45, 7) is 1.29. The van der Waals surface area contributed by atoms with Crippen molar-refractivity contribution >= 4 is 21.6 Å². The molecule has 1 heterocycles. The van der Waals surface area contributed by atoms with E-state index in [0.29, 0.717) is 23.9 Å². The summed E-state index contributed by atoms with van der Waals surface area (Å²) in [4.78, 5) is 0.391. The summed E-state index contributed by atoms with van der Waals surface area (Å²) in [5, 5.41) is 0. The molecular formula is C13H18ClNO2S. The van der Waals surface area contributed by atoms with Gasteiger partial charge in [-0.3, -0.25) is 0 Å². The summed E-state index contributed by atoms with van der Waals surface area (Å²) in [5.74, 6) is 0.554. The largest absolute Gasteiger partial charge is 0.243 e. The van der Waals surface area contributed by atoms with Gasteiger partial charge in [-0.1, -0.05) is 18.6 Å². The van der Waals surface area contributed by atoms with Crippen molar-refractivity contribution in [3.8, 4) is 0 Å². The minimum atomic E-state index is -3.29. The third-order valence-electron chi connectivity index (χ3n) is 3.26. The topological polar surface area (TPSA) is 37.4 Å². The van der Waals surface area contributed by atoms with Crippen molar-refractivity contribution in [1.29, 1.82) is 0 Å². The lowest BCUT2D eigenvalue weighted by Crippen LogP contribution is -2.35. The molecule has 0 amide bonds. The van der Waals surface area contributed by atoms with Crippen LogP contribution in [0.15, 0.2) is 29.2 Å². The van der Waals surface area contributed by atoms with Crippen LogP contribution in [0.5, 0.6) is 0 Å². The van der Waals surface area contributed by atoms with E-state index in [0.717, 1.165) is 31.2 Å². The average molecular weight is 288 g/mol. The fraction of sp³-hybridized carbons (Fsp3) is 0.538. The summed E-state index contributed by atoms with van der Waals surface area (Å²) < 4.78 is 26.3. The van der Waals surface area contributed by atoms with Crippen LogP contribution >= 0.6 is 11.6 Å². The second kappa shape index (κ2) is 6.04. The number of hydrogen-bond donors (Lipinski definition) is 0. The van der Waals surface area contributed by atoms with Crippen molar-refractivity contribution in [2.45, 2.75) is 30.6 Å². The summed E-state index contributed by atoms with van der Waals surface area (Å²) >= 11 is 5.66. The first kappa shape index (κ1) is 13.8. The summed E-state index contributed by atoms with van der Waals surface area (Å²) in [5.41, 5.74) is 1.07. The molecule has 0 bridgehead atoms. The van der Waals surface area contributed by atoms with Crippen molar-refractivity contribution in [2.24, 2.45) is 0 Å². The van der Waals surface area contributed by atoms with Gasteiger partial charge in [-0.05, 0) is 37.0 Å². The van der Waals surface area contributed by atoms with Crippen molar-refractivity contribution in [1.82, 2.24) is 4.31 Å². The number of hydrogen-bond acceptors (Lipinski definition) is 2. The molecule has 1 aliphatic heterocycles. The standard InChI is InChI=1S/C13H18ClNO2S/c14-9-8-12-4-6-13(7-5-12)18(16,17)15-10-2-1-3-11-15/h4-7H,1-3,8-11H2. The third-order valence-corrected chi connectivity index (χ3v) is 5.36. The molecule has 5 heteroatoms. The highest BCUT2D eigenvalue weighted by Gasteiger charge is 2.25. The van der Waals surface area contributed by atoms with Gasteiger partial charge >= 0.3 is 0 Å². The second-order valence-electron chi connectivity index (χ2n) is 4.55. The van der Waals surface area contributed by atoms with Crippen LogP contribution in [0.4, 0.5) is 0 Å². The van der Waals surface area contributed by atoms with E-state index in [1.807, 2.05) is 12.1 Å². The van der Waals surface area contributed by atoms with Crippen molar-refractivity contribution in [3.05, 3.63) is 29.8 Å². The Bertz CT molecular complexity index is 478. The number of rotatable bonds is 4. The molecular weight excluding hydrogens is 270 g/mol. The SMILES string of the molecule is O=S(=O)(c1ccc(CCCl)cc1)N1CCCCC1. The quantitative estimate of drug-likeness (QED) is 0.799. The van der Waals surface area contributed by atoms with E-state index in [1.165, 1.54) is 0 Å². The Hall–Kier alpha value is -0.580. The predicted molar refractivity (Wildman–Crippen MR) is 73.5 cm³/mol. The lowest BCUT2D eigenvalue weighted by molar-refractivity contribution is 0.346. The van der Waals surface area contributed by atoms with Gasteiger partial charge in [0.15, 0.2) is 0 Å². The number of sulfonamides is 1. The summed E-state index contributed by atoms with van der Waals surface area (Å²) in [7, 11) is -3.29. The lowest BCUT2D eigenvalue weighted by atomic mass is 10.2. The fourth-order valence-corrected chi connectivity index (χ4v) is 3.93. The number of benzene rings is 1. The van der Waals surface area contributed by atoms with Crippen LogP contribution in [0.3, 0.4) is 0 Å². The van der Waals surface area contributed by atoms with Crippen LogP contribution in [-0.4, -0.2) is 31.7 Å². The van der Waals surface area contributed by atoms with Crippen molar-refractivity contribution < 1.29 is 8.42 Å². The minimum Gasteiger partial charge on any atom is -0.207 e. The van der Waals surface area contributed by atoms with E-state index in [1.54, 1.807) is 16.4 Å². The third kappa shape index (κ3) is 3.05. The second-order valence-corrected chi connectivity index (χ2v) is 6.86. The number of alkyl halides is 1. The Morgan fingerprint density at radius 2 is 1.67 bits per heavy atom. The van der Waals surface area contributed by atoms with E-state index in [2.05, 4.69) is 0 Å². The highest BCUT2D eigenvalue weighted by molar-refractivity contribution is 7.89. The maximum absolute atomic E-state index is 12.4. The molecule has 0 saturated carbocycles. The normalized spacial score (nSPS) is 17.8. The van der Waals surface area contributed by atoms with Crippen LogP contribution in [0, 0.1) is 0 Å². The zero-order valence-electron chi connectivity index (χ0n) is 10.3. The molecule has 1 saturated heterocycles. The molecule has 0 unspecified atom stereocenters. The highest BCUT2D eigenvalue weighted by atomic mass is 35.5. The van der Waals surface area contributed by atoms with E-state index in [9.17, 15) is 8.42 Å². The van der Waals surface area contributed by atoms with Gasteiger partial charge in [-0.25, -0.2) is 8.42 Å². The van der Waals surface area contributed by atoms with E-state index >= 15 is 0 Å². The molecule has 1 aliphatic rings. The Balaban J connectivity index is 2.18. The molecule has 2 rings (SSSR count). The van der Waals surface area contributed by atoms with Gasteiger partial charge in [0.05, 0.1) is 4.90 Å². The van der Waals surface area contributed by atoms with Gasteiger partial charge in [0.1, 0.15) is 0 Å². The first-order valence-corrected chi connectivity index (χ1v) is 8.27. The van der Waals surface area contributed by atoms with Crippen LogP contribution in [0.1, 0.15) is 24.8 Å². The number of nitrogens with zero attached hydrogens (tertiary/aromatic N) is 1. The molecule has 3 nitrogen and oxygen atoms in total. The van der Waals surface area contributed by atoms with E-state index in [-0.39, 0.29) is 0 Å². The molecule has 0 N–H and O–H groups in total. The fourth-order valence-electron chi connectivity index (χ4n) is 2.19. The Morgan fingerprint density at radius 1 is 1.06 bits per heavy atom. The first-order valence-electron chi connectivity index (χ1n) is 6.29. The van der Waals surface area contributed by atoms with Crippen LogP contribution < -0.4 is 0 Å². The molecule has 1 aromatic rings. The van der Waals surface area contributed by atoms with Gasteiger partial charge in [0.25, 0.3) is 0 Å². The van der Waals surface area contributed by atoms with Crippen molar-refractivity contribution in [3.63, 3.8) is 0 Å². The van der Waals surface area contributed by atoms with Gasteiger partial charge in [-0.2, -0.15) is 4.31 Å². The predicted octanol–water partition coefficient (Wildman–Crippen LogP) is 2.64. The Kier molecular flexibility index (Phi) is 4.65.